The molecular weight excluding hydrogens is 522 g/mol. The largest absolute Gasteiger partial charge is 0.384 e. The zero-order valence-electron chi connectivity index (χ0n) is 24.6. The number of nitrogens with one attached hydrogen (secondary N) is 2. The molecule has 0 saturated carbocycles. The number of amidine groups is 1. The van der Waals surface area contributed by atoms with Gasteiger partial charge < -0.3 is 15.6 Å². The molecule has 7 nitrogen and oxygen atoms in total. The van der Waals surface area contributed by atoms with Gasteiger partial charge in [-0.25, -0.2) is 0 Å². The van der Waals surface area contributed by atoms with E-state index < -0.39 is 0 Å². The van der Waals surface area contributed by atoms with Gasteiger partial charge in [0.2, 0.25) is 0 Å². The number of anilines is 1. The van der Waals surface area contributed by atoms with Crippen LogP contribution in [0.4, 0.5) is 5.69 Å². The minimum atomic E-state index is -0.289. The summed E-state index contributed by atoms with van der Waals surface area (Å²) in [7, 11) is 0. The summed E-state index contributed by atoms with van der Waals surface area (Å²) in [5, 5.41) is 11.8. The fourth-order valence-corrected chi connectivity index (χ4v) is 6.30. The van der Waals surface area contributed by atoms with Crippen LogP contribution in [0.3, 0.4) is 0 Å². The lowest BCUT2D eigenvalue weighted by Gasteiger charge is -2.39. The van der Waals surface area contributed by atoms with E-state index >= 15 is 0 Å². The lowest BCUT2D eigenvalue weighted by molar-refractivity contribution is 0.101. The van der Waals surface area contributed by atoms with E-state index in [0.29, 0.717) is 46.6 Å². The third-order valence-corrected chi connectivity index (χ3v) is 8.58. The van der Waals surface area contributed by atoms with E-state index in [2.05, 4.69) is 24.1 Å². The Morgan fingerprint density at radius 2 is 1.55 bits per heavy atom. The van der Waals surface area contributed by atoms with Crippen molar-refractivity contribution in [1.29, 1.82) is 5.41 Å². The average Bonchev–Trinajstić information content (AvgIpc) is 3.00. The van der Waals surface area contributed by atoms with Crippen LogP contribution in [-0.2, 0) is 6.54 Å². The van der Waals surface area contributed by atoms with Crippen LogP contribution in [0.2, 0.25) is 0 Å². The number of pyridine rings is 1. The number of nitrogens with two attached hydrogens (primary N) is 1. The molecule has 1 aliphatic rings. The number of carbonyl (C=O) groups is 1. The summed E-state index contributed by atoms with van der Waals surface area (Å²) in [6.45, 7) is 6.34. The molecular formula is C35H41N5O2. The Balaban J connectivity index is 1.50. The van der Waals surface area contributed by atoms with Gasteiger partial charge in [-0.3, -0.25) is 19.9 Å². The van der Waals surface area contributed by atoms with Gasteiger partial charge in [-0.15, -0.1) is 0 Å². The highest BCUT2D eigenvalue weighted by Gasteiger charge is 2.24. The highest BCUT2D eigenvalue weighted by atomic mass is 16.2. The molecule has 5 rings (SSSR count). The number of nitrogens with zero attached hydrogens (tertiary/aromatic N) is 2. The molecule has 1 aromatic heterocycles. The van der Waals surface area contributed by atoms with Crippen LogP contribution >= 0.6 is 0 Å². The van der Waals surface area contributed by atoms with E-state index in [1.165, 1.54) is 19.3 Å². The maximum absolute atomic E-state index is 14.3. The Labute approximate surface area is 247 Å². The molecule has 1 fully saturated rings. The normalized spacial score (nSPS) is 17.3. The molecule has 1 aliphatic heterocycles. The number of benzene rings is 3. The maximum atomic E-state index is 14.3. The van der Waals surface area contributed by atoms with Crippen molar-refractivity contribution in [3.63, 3.8) is 0 Å². The van der Waals surface area contributed by atoms with Gasteiger partial charge >= 0.3 is 0 Å². The van der Waals surface area contributed by atoms with Crippen LogP contribution in [0.1, 0.15) is 68.3 Å². The molecule has 0 spiro atoms. The van der Waals surface area contributed by atoms with Crippen molar-refractivity contribution in [2.24, 2.45) is 5.73 Å². The van der Waals surface area contributed by atoms with Gasteiger partial charge in [0.1, 0.15) is 5.84 Å². The molecule has 218 valence electrons. The van der Waals surface area contributed by atoms with E-state index in [0.717, 1.165) is 36.7 Å². The predicted molar refractivity (Wildman–Crippen MR) is 172 cm³/mol. The van der Waals surface area contributed by atoms with Crippen LogP contribution in [0.25, 0.3) is 22.0 Å². The Morgan fingerprint density at radius 3 is 2.29 bits per heavy atom. The summed E-state index contributed by atoms with van der Waals surface area (Å²) in [5.41, 5.74) is 8.93. The molecule has 1 saturated heterocycles. The van der Waals surface area contributed by atoms with Crippen molar-refractivity contribution in [2.75, 3.05) is 11.9 Å². The number of aryl methyl sites for hydroxylation is 1. The zero-order chi connectivity index (χ0) is 29.6. The minimum absolute atomic E-state index is 0.0785. The van der Waals surface area contributed by atoms with Crippen molar-refractivity contribution in [2.45, 2.75) is 71.0 Å². The number of aromatic nitrogens is 1. The van der Waals surface area contributed by atoms with Crippen LogP contribution in [0.5, 0.6) is 0 Å². The first-order valence-corrected chi connectivity index (χ1v) is 15.1. The van der Waals surface area contributed by atoms with E-state index in [1.54, 1.807) is 30.3 Å². The van der Waals surface area contributed by atoms with Crippen LogP contribution in [0, 0.1) is 5.41 Å². The second kappa shape index (κ2) is 13.2. The third kappa shape index (κ3) is 6.31. The van der Waals surface area contributed by atoms with Crippen LogP contribution in [-0.4, -0.2) is 39.8 Å². The summed E-state index contributed by atoms with van der Waals surface area (Å²) in [5.74, 6) is -0.367. The van der Waals surface area contributed by atoms with E-state index in [-0.39, 0.29) is 17.3 Å². The highest BCUT2D eigenvalue weighted by molar-refractivity contribution is 6.12. The standard InChI is InChI=1S/C35H41N5O2/c1-24-13-11-14-25(2)39(24)21-9-4-10-22-40-30-20-8-7-19-29(30)32(38-34(41)26-15-5-3-6-16-26)31(35(40)42)27-17-12-18-28(23-27)33(36)37/h3,5-8,12,15-20,23-25H,4,9-11,13-14,21-22H2,1-2H3,(H3,36,37)(H,38,41)/t24-,25+. The number of nitrogen functional groups attached to an aromatic ring is 1. The van der Waals surface area contributed by atoms with Gasteiger partial charge in [0.15, 0.2) is 0 Å². The van der Waals surface area contributed by atoms with Crippen molar-refractivity contribution < 1.29 is 4.79 Å². The number of hydrogen-bond acceptors (Lipinski definition) is 4. The fourth-order valence-electron chi connectivity index (χ4n) is 6.30. The number of likely N-dealkylation sites (tertiary alicyclic amines) is 1. The summed E-state index contributed by atoms with van der Waals surface area (Å²) >= 11 is 0. The lowest BCUT2D eigenvalue weighted by atomic mass is 9.97. The van der Waals surface area contributed by atoms with Gasteiger partial charge in [-0.2, -0.15) is 0 Å². The fraction of sp³-hybridized carbons (Fsp3) is 0.343. The molecule has 0 aliphatic carbocycles. The summed E-state index contributed by atoms with van der Waals surface area (Å²) in [6.07, 6.45) is 6.86. The SMILES string of the molecule is C[C@@H]1CCC[C@H](C)N1CCCCCn1c(=O)c(-c2cccc(C(=N)N)c2)c(NC(=O)c2ccccc2)c2ccccc21. The molecule has 1 amide bonds. The molecule has 3 aromatic carbocycles. The molecule has 0 bridgehead atoms. The van der Waals surface area contributed by atoms with Gasteiger partial charge in [-0.05, 0) is 75.9 Å². The van der Waals surface area contributed by atoms with Gasteiger partial charge in [0.25, 0.3) is 11.5 Å². The second-order valence-corrected chi connectivity index (χ2v) is 11.5. The Morgan fingerprint density at radius 1 is 0.881 bits per heavy atom. The van der Waals surface area contributed by atoms with Gasteiger partial charge in [0.05, 0.1) is 16.8 Å². The molecule has 4 N–H and O–H groups in total. The Hall–Kier alpha value is -4.23. The summed E-state index contributed by atoms with van der Waals surface area (Å²) < 4.78 is 1.84. The number of amides is 1. The van der Waals surface area contributed by atoms with E-state index in [9.17, 15) is 9.59 Å². The topological polar surface area (TPSA) is 104 Å². The summed E-state index contributed by atoms with van der Waals surface area (Å²) in [4.78, 5) is 30.3. The van der Waals surface area contributed by atoms with E-state index in [1.807, 2.05) is 53.1 Å². The predicted octanol–water partition coefficient (Wildman–Crippen LogP) is 6.64. The highest BCUT2D eigenvalue weighted by Crippen LogP contribution is 2.33. The number of hydrogen-bond donors (Lipinski definition) is 3. The first kappa shape index (κ1) is 29.3. The second-order valence-electron chi connectivity index (χ2n) is 11.5. The van der Waals surface area contributed by atoms with Crippen molar-refractivity contribution in [3.05, 3.63) is 100 Å². The Bertz CT molecular complexity index is 1620. The number of para-hydroxylation sites is 1. The summed E-state index contributed by atoms with van der Waals surface area (Å²) in [6, 6.07) is 25.1. The first-order valence-electron chi connectivity index (χ1n) is 15.1. The van der Waals surface area contributed by atoms with Crippen LogP contribution in [0.15, 0.2) is 83.7 Å². The number of fused-ring (bicyclic) bond motifs is 1. The monoisotopic (exact) mass is 563 g/mol. The smallest absolute Gasteiger partial charge is 0.261 e. The molecule has 0 unspecified atom stereocenters. The van der Waals surface area contributed by atoms with Crippen LogP contribution < -0.4 is 16.6 Å². The lowest BCUT2D eigenvalue weighted by Crippen LogP contribution is -2.44. The molecule has 2 heterocycles. The molecule has 0 radical (unpaired) electrons. The number of rotatable bonds is 10. The van der Waals surface area contributed by atoms with Crippen molar-refractivity contribution in [3.8, 4) is 11.1 Å². The number of piperidine rings is 1. The van der Waals surface area contributed by atoms with Crippen molar-refractivity contribution >= 4 is 28.3 Å². The molecule has 7 heteroatoms. The quantitative estimate of drug-likeness (QED) is 0.114. The van der Waals surface area contributed by atoms with Crippen molar-refractivity contribution in [1.82, 2.24) is 9.47 Å². The first-order chi connectivity index (χ1) is 20.3. The maximum Gasteiger partial charge on any atom is 0.261 e. The molecule has 4 aromatic rings. The third-order valence-electron chi connectivity index (χ3n) is 8.58. The average molecular weight is 564 g/mol. The minimum Gasteiger partial charge on any atom is -0.384 e. The molecule has 2 atom stereocenters. The van der Waals surface area contributed by atoms with E-state index in [4.69, 9.17) is 11.1 Å². The molecule has 42 heavy (non-hydrogen) atoms. The number of unbranched alkanes of at least 4 members (excludes halogenated alkanes) is 2. The Kier molecular flexibility index (Phi) is 9.18. The van der Waals surface area contributed by atoms with Gasteiger partial charge in [0, 0.05) is 35.1 Å². The zero-order valence-corrected chi connectivity index (χ0v) is 24.6. The number of carbonyl (C=O) groups excluding carboxylic acids is 1. The van der Waals surface area contributed by atoms with Gasteiger partial charge in [-0.1, -0.05) is 67.4 Å².